The summed E-state index contributed by atoms with van der Waals surface area (Å²) in [6.45, 7) is 0.0129. The Morgan fingerprint density at radius 2 is 2.12 bits per heavy atom. The summed E-state index contributed by atoms with van der Waals surface area (Å²) in [6.07, 6.45) is 6.59. The minimum absolute atomic E-state index is 0.0129. The number of hydrogen-bond donors (Lipinski definition) is 3. The van der Waals surface area contributed by atoms with Crippen molar-refractivity contribution < 1.29 is 9.90 Å². The minimum atomic E-state index is -0.106. The summed E-state index contributed by atoms with van der Waals surface area (Å²) >= 11 is 6.78. The highest BCUT2D eigenvalue weighted by molar-refractivity contribution is 6.38. The highest BCUT2D eigenvalue weighted by atomic mass is 35.5. The average molecular weight is 463 g/mol. The van der Waals surface area contributed by atoms with E-state index in [1.165, 1.54) is 0 Å². The van der Waals surface area contributed by atoms with Gasteiger partial charge in [-0.25, -0.2) is 9.97 Å². The number of anilines is 2. The first-order valence-corrected chi connectivity index (χ1v) is 11.1. The van der Waals surface area contributed by atoms with E-state index in [9.17, 15) is 9.90 Å². The molecule has 33 heavy (non-hydrogen) atoms. The standard InChI is InChI=1S/C24H23ClN6O2/c1-31-12-14(10-28-31)16-8-18(16)24(33)29-20-9-17-19(11-27-20)23(26)30-22(21(17)25)15-5-3-2-4-13(15)6-7-32/h2-5,9-12,16,18,32H,6-8H2,1H3,(H2,26,30)(H,27,29,33)/t16-,18+/m0/s1. The first-order valence-electron chi connectivity index (χ1n) is 10.7. The number of nitrogen functional groups attached to an aromatic ring is 1. The van der Waals surface area contributed by atoms with Crippen LogP contribution in [0.4, 0.5) is 11.6 Å². The zero-order chi connectivity index (χ0) is 23.1. The van der Waals surface area contributed by atoms with Crippen LogP contribution in [0, 0.1) is 5.92 Å². The Morgan fingerprint density at radius 1 is 1.30 bits per heavy atom. The Bertz CT molecular complexity index is 1370. The second kappa shape index (κ2) is 8.46. The molecule has 9 heteroatoms. The Hall–Kier alpha value is -3.49. The number of amides is 1. The number of halogens is 1. The third kappa shape index (κ3) is 4.03. The van der Waals surface area contributed by atoms with Crippen LogP contribution < -0.4 is 11.1 Å². The molecule has 1 saturated carbocycles. The number of fused-ring (bicyclic) bond motifs is 1. The number of rotatable bonds is 6. The fourth-order valence-electron chi connectivity index (χ4n) is 4.24. The van der Waals surface area contributed by atoms with Gasteiger partial charge in [0.25, 0.3) is 0 Å². The average Bonchev–Trinajstić information content (AvgIpc) is 3.50. The van der Waals surface area contributed by atoms with E-state index in [-0.39, 0.29) is 24.3 Å². The molecule has 8 nitrogen and oxygen atoms in total. The largest absolute Gasteiger partial charge is 0.396 e. The fourth-order valence-corrected chi connectivity index (χ4v) is 4.54. The number of aryl methyl sites for hydroxylation is 1. The molecule has 0 saturated heterocycles. The lowest BCUT2D eigenvalue weighted by atomic mass is 10.00. The number of carbonyl (C=O) groups excluding carboxylic acids is 1. The van der Waals surface area contributed by atoms with Crippen LogP contribution in [0.2, 0.25) is 5.02 Å². The van der Waals surface area contributed by atoms with Gasteiger partial charge in [0, 0.05) is 48.3 Å². The molecule has 0 unspecified atom stereocenters. The smallest absolute Gasteiger partial charge is 0.229 e. The lowest BCUT2D eigenvalue weighted by Crippen LogP contribution is -2.15. The molecule has 1 aliphatic carbocycles. The summed E-state index contributed by atoms with van der Waals surface area (Å²) in [7, 11) is 1.86. The highest BCUT2D eigenvalue weighted by Gasteiger charge is 2.44. The number of aromatic nitrogens is 4. The molecule has 1 aromatic carbocycles. The summed E-state index contributed by atoms with van der Waals surface area (Å²) in [5, 5.41) is 18.2. The van der Waals surface area contributed by atoms with Crippen molar-refractivity contribution in [1.29, 1.82) is 0 Å². The Morgan fingerprint density at radius 3 is 2.88 bits per heavy atom. The van der Waals surface area contributed by atoms with Crippen LogP contribution in [0.25, 0.3) is 22.0 Å². The van der Waals surface area contributed by atoms with Crippen molar-refractivity contribution in [1.82, 2.24) is 19.7 Å². The van der Waals surface area contributed by atoms with E-state index in [2.05, 4.69) is 20.4 Å². The third-order valence-electron chi connectivity index (χ3n) is 6.04. The molecule has 4 aromatic rings. The van der Waals surface area contributed by atoms with E-state index < -0.39 is 0 Å². The molecule has 1 fully saturated rings. The number of nitrogens with zero attached hydrogens (tertiary/aromatic N) is 4. The third-order valence-corrected chi connectivity index (χ3v) is 6.42. The Labute approximate surface area is 195 Å². The molecule has 3 aromatic heterocycles. The predicted molar refractivity (Wildman–Crippen MR) is 128 cm³/mol. The number of aliphatic hydroxyl groups is 1. The molecule has 0 aliphatic heterocycles. The first kappa shape index (κ1) is 21.4. The van der Waals surface area contributed by atoms with Crippen LogP contribution in [-0.2, 0) is 18.3 Å². The zero-order valence-electron chi connectivity index (χ0n) is 18.0. The van der Waals surface area contributed by atoms with Crippen molar-refractivity contribution in [2.75, 3.05) is 17.7 Å². The van der Waals surface area contributed by atoms with Crippen molar-refractivity contribution in [3.8, 4) is 11.3 Å². The molecule has 1 amide bonds. The lowest BCUT2D eigenvalue weighted by Gasteiger charge is -2.14. The van der Waals surface area contributed by atoms with Crippen molar-refractivity contribution in [3.63, 3.8) is 0 Å². The van der Waals surface area contributed by atoms with Crippen molar-refractivity contribution >= 4 is 39.9 Å². The van der Waals surface area contributed by atoms with Gasteiger partial charge in [-0.05, 0) is 36.0 Å². The number of aliphatic hydroxyl groups excluding tert-OH is 1. The second-order valence-electron chi connectivity index (χ2n) is 8.29. The van der Waals surface area contributed by atoms with E-state index in [0.29, 0.717) is 39.5 Å². The monoisotopic (exact) mass is 462 g/mol. The molecule has 3 heterocycles. The van der Waals surface area contributed by atoms with Gasteiger partial charge in [0.15, 0.2) is 0 Å². The molecule has 4 N–H and O–H groups in total. The SMILES string of the molecule is Cn1cc([C@@H]2C[C@H]2C(=O)Nc2cc3c(Cl)c(-c4ccccc4CCO)nc(N)c3cn2)cn1. The Kier molecular flexibility index (Phi) is 5.47. The van der Waals surface area contributed by atoms with Crippen molar-refractivity contribution in [2.24, 2.45) is 13.0 Å². The van der Waals surface area contributed by atoms with Crippen LogP contribution in [0.5, 0.6) is 0 Å². The number of benzene rings is 1. The summed E-state index contributed by atoms with van der Waals surface area (Å²) in [5.74, 6) is 0.698. The number of nitrogens with two attached hydrogens (primary N) is 1. The van der Waals surface area contributed by atoms with E-state index in [0.717, 1.165) is 23.1 Å². The van der Waals surface area contributed by atoms with Gasteiger partial charge in [-0.3, -0.25) is 9.48 Å². The van der Waals surface area contributed by atoms with Gasteiger partial charge in [-0.15, -0.1) is 0 Å². The maximum absolute atomic E-state index is 12.8. The van der Waals surface area contributed by atoms with E-state index in [4.69, 9.17) is 17.3 Å². The fraction of sp³-hybridized carbons (Fsp3) is 0.250. The maximum Gasteiger partial charge on any atom is 0.229 e. The van der Waals surface area contributed by atoms with Crippen LogP contribution in [-0.4, -0.2) is 37.4 Å². The maximum atomic E-state index is 12.8. The highest BCUT2D eigenvalue weighted by Crippen LogP contribution is 2.48. The lowest BCUT2D eigenvalue weighted by molar-refractivity contribution is -0.117. The normalized spacial score (nSPS) is 17.3. The van der Waals surface area contributed by atoms with E-state index >= 15 is 0 Å². The van der Waals surface area contributed by atoms with Gasteiger partial charge in [-0.1, -0.05) is 35.9 Å². The molecule has 0 radical (unpaired) electrons. The van der Waals surface area contributed by atoms with Crippen LogP contribution in [0.1, 0.15) is 23.5 Å². The molecule has 168 valence electrons. The molecular weight excluding hydrogens is 440 g/mol. The molecule has 1 aliphatic rings. The number of carbonyl (C=O) groups is 1. The molecular formula is C24H23ClN6O2. The van der Waals surface area contributed by atoms with Gasteiger partial charge < -0.3 is 16.2 Å². The van der Waals surface area contributed by atoms with Crippen LogP contribution >= 0.6 is 11.6 Å². The van der Waals surface area contributed by atoms with Gasteiger partial charge in [0.1, 0.15) is 11.6 Å². The van der Waals surface area contributed by atoms with Gasteiger partial charge >= 0.3 is 0 Å². The van der Waals surface area contributed by atoms with Crippen LogP contribution in [0.15, 0.2) is 48.9 Å². The predicted octanol–water partition coefficient (Wildman–Crippen LogP) is 3.54. The zero-order valence-corrected chi connectivity index (χ0v) is 18.8. The topological polar surface area (TPSA) is 119 Å². The summed E-state index contributed by atoms with van der Waals surface area (Å²) < 4.78 is 1.74. The Balaban J connectivity index is 1.45. The first-order chi connectivity index (χ1) is 16.0. The summed E-state index contributed by atoms with van der Waals surface area (Å²) in [6, 6.07) is 9.35. The number of nitrogens with one attached hydrogen (secondary N) is 1. The molecule has 0 bridgehead atoms. The summed E-state index contributed by atoms with van der Waals surface area (Å²) in [5.41, 5.74) is 9.56. The summed E-state index contributed by atoms with van der Waals surface area (Å²) in [4.78, 5) is 21.7. The van der Waals surface area contributed by atoms with Crippen LogP contribution in [0.3, 0.4) is 0 Å². The number of hydrogen-bond acceptors (Lipinski definition) is 6. The molecule has 5 rings (SSSR count). The van der Waals surface area contributed by atoms with Crippen molar-refractivity contribution in [3.05, 3.63) is 65.1 Å². The van der Waals surface area contributed by atoms with Gasteiger partial charge in [-0.2, -0.15) is 5.10 Å². The molecule has 2 atom stereocenters. The van der Waals surface area contributed by atoms with Gasteiger partial charge in [0.2, 0.25) is 5.91 Å². The van der Waals surface area contributed by atoms with E-state index in [1.54, 1.807) is 23.1 Å². The molecule has 0 spiro atoms. The van der Waals surface area contributed by atoms with Gasteiger partial charge in [0.05, 0.1) is 16.9 Å². The van der Waals surface area contributed by atoms with E-state index in [1.807, 2.05) is 37.5 Å². The van der Waals surface area contributed by atoms with Crippen molar-refractivity contribution in [2.45, 2.75) is 18.8 Å². The quantitative estimate of drug-likeness (QED) is 0.403. The second-order valence-corrected chi connectivity index (χ2v) is 8.67. The number of pyridine rings is 2. The minimum Gasteiger partial charge on any atom is -0.396 e.